The van der Waals surface area contributed by atoms with Gasteiger partial charge in [-0.1, -0.05) is 30.3 Å². The number of aromatic nitrogens is 1. The standard InChI is InChI=1S/C11H7NS2/c1-2-4-8(5-3-1)10-6-9-7-12-14-11(9)13-10/h1-7H. The van der Waals surface area contributed by atoms with E-state index in [1.165, 1.54) is 19.8 Å². The van der Waals surface area contributed by atoms with Gasteiger partial charge in [0, 0.05) is 16.5 Å². The van der Waals surface area contributed by atoms with Gasteiger partial charge in [0.1, 0.15) is 4.01 Å². The smallest absolute Gasteiger partial charge is 0.108 e. The van der Waals surface area contributed by atoms with E-state index in [2.05, 4.69) is 34.7 Å². The molecule has 0 spiro atoms. The molecule has 68 valence electrons. The largest absolute Gasteiger partial charge is 0.199 e. The molecule has 0 aliphatic rings. The van der Waals surface area contributed by atoms with Crippen LogP contribution in [-0.2, 0) is 0 Å². The maximum absolute atomic E-state index is 4.15. The van der Waals surface area contributed by atoms with Gasteiger partial charge in [0.2, 0.25) is 0 Å². The maximum atomic E-state index is 4.15. The molecule has 0 saturated carbocycles. The highest BCUT2D eigenvalue weighted by Crippen LogP contribution is 2.35. The zero-order valence-electron chi connectivity index (χ0n) is 7.31. The highest BCUT2D eigenvalue weighted by Gasteiger charge is 2.04. The molecule has 0 aliphatic carbocycles. The molecule has 2 heterocycles. The first-order chi connectivity index (χ1) is 6.93. The lowest BCUT2D eigenvalue weighted by atomic mass is 10.2. The van der Waals surface area contributed by atoms with Gasteiger partial charge < -0.3 is 0 Å². The Morgan fingerprint density at radius 2 is 1.93 bits per heavy atom. The van der Waals surface area contributed by atoms with Crippen LogP contribution in [0.25, 0.3) is 19.8 Å². The van der Waals surface area contributed by atoms with E-state index in [0.717, 1.165) is 0 Å². The molecule has 2 aromatic heterocycles. The van der Waals surface area contributed by atoms with Crippen molar-refractivity contribution in [3.8, 4) is 10.4 Å². The zero-order valence-corrected chi connectivity index (χ0v) is 8.94. The van der Waals surface area contributed by atoms with E-state index in [1.807, 2.05) is 23.6 Å². The molecule has 3 heteroatoms. The fraction of sp³-hybridized carbons (Fsp3) is 0. The van der Waals surface area contributed by atoms with E-state index in [4.69, 9.17) is 0 Å². The Morgan fingerprint density at radius 1 is 1.07 bits per heavy atom. The van der Waals surface area contributed by atoms with Gasteiger partial charge in [0.05, 0.1) is 0 Å². The molecule has 3 rings (SSSR count). The molecular weight excluding hydrogens is 210 g/mol. The van der Waals surface area contributed by atoms with Crippen molar-refractivity contribution >= 4 is 32.3 Å². The highest BCUT2D eigenvalue weighted by atomic mass is 32.2. The van der Waals surface area contributed by atoms with Crippen LogP contribution in [0, 0.1) is 0 Å². The third-order valence-corrected chi connectivity index (χ3v) is 4.19. The molecule has 0 bridgehead atoms. The Hall–Kier alpha value is -1.19. The van der Waals surface area contributed by atoms with Crippen LogP contribution in [0.2, 0.25) is 0 Å². The summed E-state index contributed by atoms with van der Waals surface area (Å²) in [4.78, 5) is 1.33. The first kappa shape index (κ1) is 8.15. The Kier molecular flexibility index (Phi) is 1.85. The van der Waals surface area contributed by atoms with E-state index in [1.54, 1.807) is 11.5 Å². The molecule has 0 aliphatic heterocycles. The Labute approximate surface area is 89.8 Å². The van der Waals surface area contributed by atoms with Gasteiger partial charge >= 0.3 is 0 Å². The van der Waals surface area contributed by atoms with Crippen LogP contribution in [-0.4, -0.2) is 4.37 Å². The average molecular weight is 217 g/mol. The molecule has 0 fully saturated rings. The van der Waals surface area contributed by atoms with Crippen molar-refractivity contribution in [2.75, 3.05) is 0 Å². The second kappa shape index (κ2) is 3.19. The predicted octanol–water partition coefficient (Wildman–Crippen LogP) is 4.02. The summed E-state index contributed by atoms with van der Waals surface area (Å²) in [5.74, 6) is 0. The van der Waals surface area contributed by atoms with E-state index >= 15 is 0 Å². The van der Waals surface area contributed by atoms with Crippen molar-refractivity contribution in [1.29, 1.82) is 0 Å². The number of hydrogen-bond donors (Lipinski definition) is 0. The number of thiophene rings is 1. The molecule has 0 radical (unpaired) electrons. The normalized spacial score (nSPS) is 10.9. The lowest BCUT2D eigenvalue weighted by Gasteiger charge is -1.93. The Bertz CT molecular complexity index is 522. The monoisotopic (exact) mass is 217 g/mol. The molecule has 0 saturated heterocycles. The first-order valence-electron chi connectivity index (χ1n) is 4.33. The van der Waals surface area contributed by atoms with Gasteiger partial charge in [0.25, 0.3) is 0 Å². The summed E-state index contributed by atoms with van der Waals surface area (Å²) in [5.41, 5.74) is 1.29. The summed E-state index contributed by atoms with van der Waals surface area (Å²) in [7, 11) is 0. The van der Waals surface area contributed by atoms with Crippen molar-refractivity contribution in [2.24, 2.45) is 0 Å². The van der Waals surface area contributed by atoms with Gasteiger partial charge in [0.15, 0.2) is 0 Å². The molecule has 1 aromatic carbocycles. The summed E-state index contributed by atoms with van der Waals surface area (Å²) in [6, 6.07) is 12.7. The quantitative estimate of drug-likeness (QED) is 0.600. The number of nitrogens with zero attached hydrogens (tertiary/aromatic N) is 1. The number of hydrogen-bond acceptors (Lipinski definition) is 3. The fourth-order valence-corrected chi connectivity index (χ4v) is 3.32. The highest BCUT2D eigenvalue weighted by molar-refractivity contribution is 7.37. The molecule has 0 unspecified atom stereocenters. The van der Waals surface area contributed by atoms with E-state index in [9.17, 15) is 0 Å². The van der Waals surface area contributed by atoms with Crippen LogP contribution in [0.3, 0.4) is 0 Å². The minimum Gasteiger partial charge on any atom is -0.199 e. The zero-order chi connectivity index (χ0) is 9.38. The number of fused-ring (bicyclic) bond motifs is 1. The van der Waals surface area contributed by atoms with Crippen LogP contribution < -0.4 is 0 Å². The SMILES string of the molecule is c1ccc(-c2cc3cnsc3s2)cc1. The third kappa shape index (κ3) is 1.25. The molecule has 1 nitrogen and oxygen atoms in total. The number of benzene rings is 1. The van der Waals surface area contributed by atoms with Crippen LogP contribution in [0.1, 0.15) is 0 Å². The molecular formula is C11H7NS2. The van der Waals surface area contributed by atoms with Crippen molar-refractivity contribution in [2.45, 2.75) is 0 Å². The second-order valence-corrected chi connectivity index (χ2v) is 5.16. The summed E-state index contributed by atoms with van der Waals surface area (Å²) < 4.78 is 5.46. The van der Waals surface area contributed by atoms with Crippen molar-refractivity contribution in [1.82, 2.24) is 4.37 Å². The van der Waals surface area contributed by atoms with Crippen LogP contribution in [0.5, 0.6) is 0 Å². The van der Waals surface area contributed by atoms with Crippen LogP contribution in [0.4, 0.5) is 0 Å². The lowest BCUT2D eigenvalue weighted by Crippen LogP contribution is -1.67. The van der Waals surface area contributed by atoms with Gasteiger partial charge in [-0.2, -0.15) is 4.37 Å². The van der Waals surface area contributed by atoms with E-state index < -0.39 is 0 Å². The average Bonchev–Trinajstić information content (AvgIpc) is 2.78. The Morgan fingerprint density at radius 3 is 2.71 bits per heavy atom. The van der Waals surface area contributed by atoms with Crippen LogP contribution >= 0.6 is 22.9 Å². The molecule has 14 heavy (non-hydrogen) atoms. The van der Waals surface area contributed by atoms with Crippen LogP contribution in [0.15, 0.2) is 42.6 Å². The summed E-state index contributed by atoms with van der Waals surface area (Å²) in [6.45, 7) is 0. The molecule has 3 aromatic rings. The van der Waals surface area contributed by atoms with Gasteiger partial charge in [-0.05, 0) is 23.2 Å². The Balaban J connectivity index is 2.19. The van der Waals surface area contributed by atoms with Crippen molar-refractivity contribution in [3.05, 3.63) is 42.6 Å². The van der Waals surface area contributed by atoms with E-state index in [0.29, 0.717) is 0 Å². The van der Waals surface area contributed by atoms with Gasteiger partial charge in [-0.25, -0.2) is 0 Å². The topological polar surface area (TPSA) is 12.9 Å². The molecule has 0 amide bonds. The minimum atomic E-state index is 1.26. The summed E-state index contributed by atoms with van der Waals surface area (Å²) in [6.07, 6.45) is 1.93. The number of rotatable bonds is 1. The van der Waals surface area contributed by atoms with E-state index in [-0.39, 0.29) is 0 Å². The fourth-order valence-electron chi connectivity index (χ4n) is 1.43. The van der Waals surface area contributed by atoms with Gasteiger partial charge in [-0.3, -0.25) is 0 Å². The lowest BCUT2D eigenvalue weighted by molar-refractivity contribution is 1.61. The first-order valence-corrected chi connectivity index (χ1v) is 5.92. The molecule has 0 atom stereocenters. The van der Waals surface area contributed by atoms with Gasteiger partial charge in [-0.15, -0.1) is 11.3 Å². The molecule has 0 N–H and O–H groups in total. The summed E-state index contributed by atoms with van der Waals surface area (Å²) >= 11 is 3.38. The minimum absolute atomic E-state index is 1.26. The van der Waals surface area contributed by atoms with Crippen molar-refractivity contribution < 1.29 is 0 Å². The third-order valence-electron chi connectivity index (χ3n) is 2.11. The second-order valence-electron chi connectivity index (χ2n) is 3.05. The maximum Gasteiger partial charge on any atom is 0.108 e. The predicted molar refractivity (Wildman–Crippen MR) is 62.9 cm³/mol. The van der Waals surface area contributed by atoms with Crippen molar-refractivity contribution in [3.63, 3.8) is 0 Å². The summed E-state index contributed by atoms with van der Waals surface area (Å²) in [5, 5.41) is 1.26.